The molecule has 0 saturated heterocycles. The standard InChI is InChI=1S/C17H19NO3/c1-12(17(20)21)5-4-10-18-16(19)15-9-8-13-6-2-3-7-14(13)11-15/h2-3,6-9,11-12H,4-5,10H2,1H3,(H,18,19)(H,20,21). The van der Waals surface area contributed by atoms with Gasteiger partial charge in [0.25, 0.3) is 5.91 Å². The van der Waals surface area contributed by atoms with Crippen LogP contribution in [0, 0.1) is 5.92 Å². The van der Waals surface area contributed by atoms with Crippen LogP contribution in [0.1, 0.15) is 30.1 Å². The molecule has 2 rings (SSSR count). The highest BCUT2D eigenvalue weighted by Gasteiger charge is 2.10. The number of carboxylic acids is 1. The maximum atomic E-state index is 12.0. The lowest BCUT2D eigenvalue weighted by atomic mass is 10.1. The monoisotopic (exact) mass is 285 g/mol. The highest BCUT2D eigenvalue weighted by Crippen LogP contribution is 2.15. The molecule has 0 aliphatic rings. The number of nitrogens with one attached hydrogen (secondary N) is 1. The first kappa shape index (κ1) is 15.0. The highest BCUT2D eigenvalue weighted by atomic mass is 16.4. The lowest BCUT2D eigenvalue weighted by Crippen LogP contribution is -2.25. The summed E-state index contributed by atoms with van der Waals surface area (Å²) in [4.78, 5) is 22.7. The van der Waals surface area contributed by atoms with Crippen molar-refractivity contribution in [1.82, 2.24) is 5.32 Å². The molecule has 0 saturated carbocycles. The maximum Gasteiger partial charge on any atom is 0.306 e. The molecule has 2 aromatic rings. The molecule has 0 heterocycles. The van der Waals surface area contributed by atoms with Crippen LogP contribution in [0.25, 0.3) is 10.8 Å². The van der Waals surface area contributed by atoms with Gasteiger partial charge in [0.2, 0.25) is 0 Å². The molecule has 0 aliphatic carbocycles. The molecule has 0 bridgehead atoms. The zero-order chi connectivity index (χ0) is 15.2. The third-order valence-corrected chi connectivity index (χ3v) is 3.53. The van der Waals surface area contributed by atoms with Gasteiger partial charge in [-0.2, -0.15) is 0 Å². The minimum absolute atomic E-state index is 0.122. The second-order valence-corrected chi connectivity index (χ2v) is 5.20. The van der Waals surface area contributed by atoms with Gasteiger partial charge in [-0.3, -0.25) is 9.59 Å². The second kappa shape index (κ2) is 6.88. The number of aliphatic carboxylic acids is 1. The van der Waals surface area contributed by atoms with E-state index in [9.17, 15) is 9.59 Å². The number of fused-ring (bicyclic) bond motifs is 1. The van der Waals surface area contributed by atoms with Crippen molar-refractivity contribution in [2.24, 2.45) is 5.92 Å². The molecule has 0 spiro atoms. The smallest absolute Gasteiger partial charge is 0.306 e. The molecule has 21 heavy (non-hydrogen) atoms. The van der Waals surface area contributed by atoms with Crippen LogP contribution in [0.15, 0.2) is 42.5 Å². The number of carbonyl (C=O) groups excluding carboxylic acids is 1. The Labute approximate surface area is 123 Å². The SMILES string of the molecule is CC(CCCNC(=O)c1ccc2ccccc2c1)C(=O)O. The van der Waals surface area contributed by atoms with Crippen LogP contribution in [-0.4, -0.2) is 23.5 Å². The van der Waals surface area contributed by atoms with E-state index in [0.717, 1.165) is 10.8 Å². The Kier molecular flexibility index (Phi) is 4.93. The lowest BCUT2D eigenvalue weighted by Gasteiger charge is -2.08. The first-order chi connectivity index (χ1) is 10.1. The molecule has 0 aromatic heterocycles. The molecule has 2 aromatic carbocycles. The topological polar surface area (TPSA) is 66.4 Å². The lowest BCUT2D eigenvalue weighted by molar-refractivity contribution is -0.141. The molecule has 0 aliphatic heterocycles. The molecule has 0 radical (unpaired) electrons. The fraction of sp³-hybridized carbons (Fsp3) is 0.294. The number of rotatable bonds is 6. The average Bonchev–Trinajstić information content (AvgIpc) is 2.50. The molecule has 1 amide bonds. The Morgan fingerprint density at radius 1 is 1.14 bits per heavy atom. The maximum absolute atomic E-state index is 12.0. The van der Waals surface area contributed by atoms with E-state index < -0.39 is 5.97 Å². The Morgan fingerprint density at radius 2 is 1.86 bits per heavy atom. The number of amides is 1. The van der Waals surface area contributed by atoms with Crippen LogP contribution in [0.5, 0.6) is 0 Å². The quantitative estimate of drug-likeness (QED) is 0.802. The normalized spacial score (nSPS) is 12.0. The van der Waals surface area contributed by atoms with E-state index in [0.29, 0.717) is 24.9 Å². The molecular weight excluding hydrogens is 266 g/mol. The summed E-state index contributed by atoms with van der Waals surface area (Å²) in [5.41, 5.74) is 0.625. The first-order valence-electron chi connectivity index (χ1n) is 7.08. The predicted octanol–water partition coefficient (Wildman–Crippen LogP) is 3.07. The summed E-state index contributed by atoms with van der Waals surface area (Å²) in [6, 6.07) is 13.5. The fourth-order valence-corrected chi connectivity index (χ4v) is 2.17. The molecule has 4 heteroatoms. The van der Waals surface area contributed by atoms with Crippen LogP contribution < -0.4 is 5.32 Å². The molecule has 2 N–H and O–H groups in total. The Hall–Kier alpha value is -2.36. The van der Waals surface area contributed by atoms with Crippen LogP contribution in [0.4, 0.5) is 0 Å². The van der Waals surface area contributed by atoms with E-state index in [2.05, 4.69) is 5.32 Å². The van der Waals surface area contributed by atoms with Crippen molar-refractivity contribution >= 4 is 22.6 Å². The summed E-state index contributed by atoms with van der Waals surface area (Å²) < 4.78 is 0. The first-order valence-corrected chi connectivity index (χ1v) is 7.08. The zero-order valence-electron chi connectivity index (χ0n) is 12.0. The number of hydrogen-bond acceptors (Lipinski definition) is 2. The van der Waals surface area contributed by atoms with Gasteiger partial charge in [0.1, 0.15) is 0 Å². The molecule has 4 nitrogen and oxygen atoms in total. The van der Waals surface area contributed by atoms with E-state index in [1.807, 2.05) is 36.4 Å². The third-order valence-electron chi connectivity index (χ3n) is 3.53. The molecule has 0 fully saturated rings. The Morgan fingerprint density at radius 3 is 2.57 bits per heavy atom. The van der Waals surface area contributed by atoms with Gasteiger partial charge in [0.05, 0.1) is 5.92 Å². The third kappa shape index (κ3) is 4.05. The molecule has 1 atom stereocenters. The molecular formula is C17H19NO3. The highest BCUT2D eigenvalue weighted by molar-refractivity contribution is 5.98. The minimum atomic E-state index is -0.796. The van der Waals surface area contributed by atoms with Crippen LogP contribution >= 0.6 is 0 Å². The van der Waals surface area contributed by atoms with Gasteiger partial charge < -0.3 is 10.4 Å². The average molecular weight is 285 g/mol. The van der Waals surface area contributed by atoms with E-state index in [-0.39, 0.29) is 11.8 Å². The second-order valence-electron chi connectivity index (χ2n) is 5.20. The fourth-order valence-electron chi connectivity index (χ4n) is 2.17. The molecule has 110 valence electrons. The van der Waals surface area contributed by atoms with Crippen molar-refractivity contribution in [3.8, 4) is 0 Å². The van der Waals surface area contributed by atoms with Gasteiger partial charge in [-0.05, 0) is 35.7 Å². The van der Waals surface area contributed by atoms with Gasteiger partial charge in [0, 0.05) is 12.1 Å². The van der Waals surface area contributed by atoms with Crippen molar-refractivity contribution in [1.29, 1.82) is 0 Å². The van der Waals surface area contributed by atoms with Crippen LogP contribution in [0.3, 0.4) is 0 Å². The van der Waals surface area contributed by atoms with E-state index in [4.69, 9.17) is 5.11 Å². The number of carbonyl (C=O) groups is 2. The number of hydrogen-bond donors (Lipinski definition) is 2. The van der Waals surface area contributed by atoms with Gasteiger partial charge in [-0.25, -0.2) is 0 Å². The summed E-state index contributed by atoms with van der Waals surface area (Å²) >= 11 is 0. The zero-order valence-corrected chi connectivity index (χ0v) is 12.0. The molecule has 1 unspecified atom stereocenters. The van der Waals surface area contributed by atoms with E-state index >= 15 is 0 Å². The Bertz CT molecular complexity index is 651. The van der Waals surface area contributed by atoms with Crippen molar-refractivity contribution < 1.29 is 14.7 Å². The van der Waals surface area contributed by atoms with Crippen LogP contribution in [-0.2, 0) is 4.79 Å². The van der Waals surface area contributed by atoms with Gasteiger partial charge in [0.15, 0.2) is 0 Å². The van der Waals surface area contributed by atoms with Gasteiger partial charge >= 0.3 is 5.97 Å². The van der Waals surface area contributed by atoms with E-state index in [1.54, 1.807) is 13.0 Å². The van der Waals surface area contributed by atoms with Crippen molar-refractivity contribution in [3.63, 3.8) is 0 Å². The van der Waals surface area contributed by atoms with E-state index in [1.165, 1.54) is 0 Å². The summed E-state index contributed by atoms with van der Waals surface area (Å²) in [6.45, 7) is 2.16. The van der Waals surface area contributed by atoms with Crippen LogP contribution in [0.2, 0.25) is 0 Å². The summed E-state index contributed by atoms with van der Waals surface area (Å²) in [7, 11) is 0. The largest absolute Gasteiger partial charge is 0.481 e. The number of benzene rings is 2. The summed E-state index contributed by atoms with van der Waals surface area (Å²) in [6.07, 6.45) is 1.22. The minimum Gasteiger partial charge on any atom is -0.481 e. The van der Waals surface area contributed by atoms with Crippen molar-refractivity contribution in [2.45, 2.75) is 19.8 Å². The number of carboxylic acid groups (broad SMARTS) is 1. The summed E-state index contributed by atoms with van der Waals surface area (Å²) in [5, 5.41) is 13.7. The summed E-state index contributed by atoms with van der Waals surface area (Å²) in [5.74, 6) is -1.29. The Balaban J connectivity index is 1.89. The van der Waals surface area contributed by atoms with Gasteiger partial charge in [-0.1, -0.05) is 37.3 Å². The van der Waals surface area contributed by atoms with Gasteiger partial charge in [-0.15, -0.1) is 0 Å². The predicted molar refractivity (Wildman–Crippen MR) is 82.3 cm³/mol. The van der Waals surface area contributed by atoms with Crippen molar-refractivity contribution in [2.75, 3.05) is 6.54 Å². The van der Waals surface area contributed by atoms with Crippen molar-refractivity contribution in [3.05, 3.63) is 48.0 Å².